The van der Waals surface area contributed by atoms with Crippen LogP contribution in [0.25, 0.3) is 0 Å². The van der Waals surface area contributed by atoms with Crippen molar-refractivity contribution in [2.45, 2.75) is 45.3 Å². The van der Waals surface area contributed by atoms with Gasteiger partial charge in [-0.05, 0) is 60.9 Å². The molecule has 2 unspecified atom stereocenters. The van der Waals surface area contributed by atoms with E-state index in [9.17, 15) is 9.59 Å². The average Bonchev–Trinajstić information content (AvgIpc) is 3.23. The number of fused-ring (bicyclic) bond motifs is 1. The Hall–Kier alpha value is -3.32. The molecule has 2 atom stereocenters. The smallest absolute Gasteiger partial charge is 0.242 e. The number of ether oxygens (including phenoxy) is 2. The summed E-state index contributed by atoms with van der Waals surface area (Å²) < 4.78 is 10.9. The summed E-state index contributed by atoms with van der Waals surface area (Å²) in [6.45, 7) is 5.18. The first kappa shape index (κ1) is 23.4. The van der Waals surface area contributed by atoms with Gasteiger partial charge in [0.15, 0.2) is 11.5 Å². The molecule has 0 radical (unpaired) electrons. The van der Waals surface area contributed by atoms with E-state index < -0.39 is 0 Å². The fourth-order valence-corrected chi connectivity index (χ4v) is 5.31. The Morgan fingerprint density at radius 2 is 1.80 bits per heavy atom. The van der Waals surface area contributed by atoms with E-state index in [1.165, 1.54) is 5.56 Å². The molecule has 35 heavy (non-hydrogen) atoms. The summed E-state index contributed by atoms with van der Waals surface area (Å²) in [4.78, 5) is 31.7. The van der Waals surface area contributed by atoms with E-state index >= 15 is 0 Å². The van der Waals surface area contributed by atoms with E-state index in [4.69, 9.17) is 9.47 Å². The van der Waals surface area contributed by atoms with Crippen LogP contribution in [0.3, 0.4) is 0 Å². The van der Waals surface area contributed by atoms with Gasteiger partial charge in [-0.3, -0.25) is 9.59 Å². The Morgan fingerprint density at radius 3 is 2.54 bits per heavy atom. The number of hydrogen-bond donors (Lipinski definition) is 0. The van der Waals surface area contributed by atoms with E-state index in [0.29, 0.717) is 18.8 Å². The van der Waals surface area contributed by atoms with Crippen molar-refractivity contribution in [3.8, 4) is 11.5 Å². The zero-order valence-electron chi connectivity index (χ0n) is 20.1. The zero-order valence-corrected chi connectivity index (χ0v) is 20.9. The molecule has 0 spiro atoms. The maximum atomic E-state index is 13.6. The minimum absolute atomic E-state index is 0.0489. The second-order valence-corrected chi connectivity index (χ2v) is 10.5. The summed E-state index contributed by atoms with van der Waals surface area (Å²) in [5, 5.41) is 2.01. The third-order valence-electron chi connectivity index (χ3n) is 6.64. The summed E-state index contributed by atoms with van der Waals surface area (Å²) >= 11 is 1.62. The second kappa shape index (κ2) is 10.1. The first-order valence-electron chi connectivity index (χ1n) is 12.0. The topological polar surface area (TPSA) is 59.1 Å². The number of carbonyl (C=O) groups excluding carboxylic acids is 2. The lowest BCUT2D eigenvalue weighted by molar-refractivity contribution is -0.143. The standard InChI is InChI=1S/C28H30N2O4S/c1-19(2)30(28(32)24-14-23(24)21-7-4-3-5-8-21)17-27(31)29(16-22-9-6-12-35-22)15-20-10-11-25-26(13-20)34-18-33-25/h3-13,19,23-24H,14-18H2,1-2H3. The molecule has 0 bridgehead atoms. The van der Waals surface area contributed by atoms with Gasteiger partial charge in [0, 0.05) is 23.4 Å². The molecule has 2 amide bonds. The van der Waals surface area contributed by atoms with Crippen LogP contribution in [0, 0.1) is 5.92 Å². The molecular formula is C28H30N2O4S. The molecule has 1 aromatic heterocycles. The summed E-state index contributed by atoms with van der Waals surface area (Å²) in [6.07, 6.45) is 0.844. The van der Waals surface area contributed by atoms with Crippen LogP contribution < -0.4 is 9.47 Å². The molecular weight excluding hydrogens is 460 g/mol. The fourth-order valence-electron chi connectivity index (χ4n) is 4.59. The van der Waals surface area contributed by atoms with Crippen molar-refractivity contribution in [3.63, 3.8) is 0 Å². The van der Waals surface area contributed by atoms with Crippen molar-refractivity contribution in [1.29, 1.82) is 0 Å². The number of hydrogen-bond acceptors (Lipinski definition) is 5. The molecule has 1 aliphatic heterocycles. The van der Waals surface area contributed by atoms with Gasteiger partial charge in [0.1, 0.15) is 6.54 Å². The third-order valence-corrected chi connectivity index (χ3v) is 7.50. The molecule has 0 saturated heterocycles. The van der Waals surface area contributed by atoms with Crippen molar-refractivity contribution in [3.05, 3.63) is 82.0 Å². The molecule has 182 valence electrons. The van der Waals surface area contributed by atoms with Gasteiger partial charge in [-0.2, -0.15) is 0 Å². The van der Waals surface area contributed by atoms with Gasteiger partial charge in [0.25, 0.3) is 0 Å². The Kier molecular flexibility index (Phi) is 6.77. The second-order valence-electron chi connectivity index (χ2n) is 9.44. The lowest BCUT2D eigenvalue weighted by Gasteiger charge is -2.30. The quantitative estimate of drug-likeness (QED) is 0.421. The number of carbonyl (C=O) groups is 2. The Balaban J connectivity index is 1.30. The van der Waals surface area contributed by atoms with Gasteiger partial charge < -0.3 is 19.3 Å². The third kappa shape index (κ3) is 5.35. The lowest BCUT2D eigenvalue weighted by atomic mass is 10.1. The Morgan fingerprint density at radius 1 is 1.00 bits per heavy atom. The first-order valence-corrected chi connectivity index (χ1v) is 12.9. The number of thiophene rings is 1. The maximum absolute atomic E-state index is 13.6. The van der Waals surface area contributed by atoms with Crippen molar-refractivity contribution < 1.29 is 19.1 Å². The summed E-state index contributed by atoms with van der Waals surface area (Å²) in [7, 11) is 0. The minimum atomic E-state index is -0.0602. The molecule has 0 N–H and O–H groups in total. The van der Waals surface area contributed by atoms with Gasteiger partial charge in [-0.1, -0.05) is 42.5 Å². The number of benzene rings is 2. The SMILES string of the molecule is CC(C)N(CC(=O)N(Cc1ccc2c(c1)OCO2)Cc1cccs1)C(=O)C1CC1c1ccccc1. The number of nitrogens with zero attached hydrogens (tertiary/aromatic N) is 2. The largest absolute Gasteiger partial charge is 0.454 e. The molecule has 1 saturated carbocycles. The predicted octanol–water partition coefficient (Wildman–Crippen LogP) is 5.05. The molecule has 2 heterocycles. The minimum Gasteiger partial charge on any atom is -0.454 e. The normalized spacial score (nSPS) is 17.9. The molecule has 2 aliphatic rings. The van der Waals surface area contributed by atoms with Gasteiger partial charge >= 0.3 is 0 Å². The van der Waals surface area contributed by atoms with Crippen molar-refractivity contribution in [2.75, 3.05) is 13.3 Å². The highest BCUT2D eigenvalue weighted by molar-refractivity contribution is 7.09. The highest BCUT2D eigenvalue weighted by atomic mass is 32.1. The van der Waals surface area contributed by atoms with Crippen LogP contribution in [0.1, 0.15) is 42.2 Å². The monoisotopic (exact) mass is 490 g/mol. The van der Waals surface area contributed by atoms with E-state index in [0.717, 1.165) is 22.6 Å². The summed E-state index contributed by atoms with van der Waals surface area (Å²) in [5.41, 5.74) is 2.16. The van der Waals surface area contributed by atoms with Crippen LogP contribution in [0.5, 0.6) is 11.5 Å². The lowest BCUT2D eigenvalue weighted by Crippen LogP contribution is -2.46. The van der Waals surface area contributed by atoms with Gasteiger partial charge in [-0.15, -0.1) is 11.3 Å². The average molecular weight is 491 g/mol. The van der Waals surface area contributed by atoms with Gasteiger partial charge in [-0.25, -0.2) is 0 Å². The van der Waals surface area contributed by atoms with Crippen molar-refractivity contribution in [1.82, 2.24) is 9.80 Å². The van der Waals surface area contributed by atoms with Crippen molar-refractivity contribution in [2.24, 2.45) is 5.92 Å². The van der Waals surface area contributed by atoms with E-state index in [1.54, 1.807) is 16.2 Å². The van der Waals surface area contributed by atoms with E-state index in [2.05, 4.69) is 12.1 Å². The highest BCUT2D eigenvalue weighted by Crippen LogP contribution is 2.48. The van der Waals surface area contributed by atoms with Gasteiger partial charge in [0.2, 0.25) is 18.6 Å². The molecule has 7 heteroatoms. The number of rotatable bonds is 9. The number of amides is 2. The Labute approximate surface area is 210 Å². The van der Waals surface area contributed by atoms with E-state index in [1.807, 2.05) is 72.7 Å². The van der Waals surface area contributed by atoms with Crippen molar-refractivity contribution >= 4 is 23.2 Å². The van der Waals surface area contributed by atoms with E-state index in [-0.39, 0.29) is 43.0 Å². The van der Waals surface area contributed by atoms with Crippen LogP contribution in [-0.2, 0) is 22.7 Å². The predicted molar refractivity (Wildman–Crippen MR) is 135 cm³/mol. The summed E-state index contributed by atoms with van der Waals surface area (Å²) in [5.74, 6) is 1.63. The summed E-state index contributed by atoms with van der Waals surface area (Å²) in [6, 6.07) is 19.9. The highest BCUT2D eigenvalue weighted by Gasteiger charge is 2.46. The Bertz CT molecular complexity index is 1180. The van der Waals surface area contributed by atoms with Crippen LogP contribution in [0.4, 0.5) is 0 Å². The zero-order chi connectivity index (χ0) is 24.4. The molecule has 3 aromatic rings. The molecule has 5 rings (SSSR count). The van der Waals surface area contributed by atoms with Crippen LogP contribution in [0.2, 0.25) is 0 Å². The molecule has 2 aromatic carbocycles. The maximum Gasteiger partial charge on any atom is 0.242 e. The first-order chi connectivity index (χ1) is 17.0. The van der Waals surface area contributed by atoms with Crippen LogP contribution >= 0.6 is 11.3 Å². The molecule has 6 nitrogen and oxygen atoms in total. The van der Waals surface area contributed by atoms with Gasteiger partial charge in [0.05, 0.1) is 6.54 Å². The fraction of sp³-hybridized carbons (Fsp3) is 0.357. The van der Waals surface area contributed by atoms with Crippen LogP contribution in [-0.4, -0.2) is 41.0 Å². The molecule has 1 fully saturated rings. The molecule has 1 aliphatic carbocycles. The van der Waals surface area contributed by atoms with Crippen LogP contribution in [0.15, 0.2) is 66.0 Å².